The van der Waals surface area contributed by atoms with E-state index in [2.05, 4.69) is 24.0 Å². The number of hydrogen-bond acceptors (Lipinski definition) is 6. The predicted octanol–water partition coefficient (Wildman–Crippen LogP) is 3.84. The predicted molar refractivity (Wildman–Crippen MR) is 99.0 cm³/mol. The Labute approximate surface area is 171 Å². The van der Waals surface area contributed by atoms with Crippen molar-refractivity contribution in [2.75, 3.05) is 6.26 Å². The number of amides is 1. The second kappa shape index (κ2) is 7.27. The summed E-state index contributed by atoms with van der Waals surface area (Å²) in [4.78, 5) is 19.6. The largest absolute Gasteiger partial charge is 0.471 e. The van der Waals surface area contributed by atoms with E-state index in [0.29, 0.717) is 0 Å². The van der Waals surface area contributed by atoms with E-state index >= 15 is 0 Å². The molecule has 1 amide bonds. The van der Waals surface area contributed by atoms with Crippen LogP contribution in [0.1, 0.15) is 16.4 Å². The maximum Gasteiger partial charge on any atom is 0.471 e. The summed E-state index contributed by atoms with van der Waals surface area (Å²) in [5, 5.41) is 3.29. The number of carbonyl (C=O) groups is 1. The van der Waals surface area contributed by atoms with Gasteiger partial charge in [-0.25, -0.2) is 13.6 Å². The van der Waals surface area contributed by atoms with E-state index in [1.807, 2.05) is 0 Å². The average Bonchev–Trinajstić information content (AvgIpc) is 3.34. The smallest absolute Gasteiger partial charge is 0.329 e. The Balaban J connectivity index is 1.68. The third-order valence-electron chi connectivity index (χ3n) is 4.11. The molecule has 0 fully saturated rings. The molecular weight excluding hydrogens is 442 g/mol. The van der Waals surface area contributed by atoms with Gasteiger partial charge in [0.15, 0.2) is 0 Å². The van der Waals surface area contributed by atoms with Crippen molar-refractivity contribution >= 4 is 21.3 Å². The van der Waals surface area contributed by atoms with E-state index in [1.54, 1.807) is 0 Å². The minimum atomic E-state index is -4.78. The molecular formula is C18H11F4N5O3S. The molecule has 0 aliphatic rings. The quantitative estimate of drug-likeness (QED) is 0.437. The number of fused-ring (bicyclic) bond motifs is 1. The van der Waals surface area contributed by atoms with Gasteiger partial charge >= 0.3 is 18.0 Å². The molecule has 0 aliphatic carbocycles. The topological polar surface area (TPSA) is 103 Å². The zero-order chi connectivity index (χ0) is 22.4. The number of imidazole rings is 1. The Hall–Kier alpha value is -3.61. The van der Waals surface area contributed by atoms with E-state index < -0.39 is 33.5 Å². The Morgan fingerprint density at radius 3 is 2.61 bits per heavy atom. The SMILES string of the molecule is CS(=O)(=NC(=O)c1cn2ccc(-c3noc(C(F)(F)F)n3)cc2n1)c1ccccc1F. The number of rotatable bonds is 3. The molecule has 0 N–H and O–H groups in total. The summed E-state index contributed by atoms with van der Waals surface area (Å²) < 4.78 is 73.8. The molecule has 0 radical (unpaired) electrons. The van der Waals surface area contributed by atoms with E-state index in [-0.39, 0.29) is 27.6 Å². The fourth-order valence-corrected chi connectivity index (χ4v) is 3.96. The van der Waals surface area contributed by atoms with Gasteiger partial charge in [0.1, 0.15) is 17.2 Å². The van der Waals surface area contributed by atoms with Crippen molar-refractivity contribution in [3.63, 3.8) is 0 Å². The summed E-state index contributed by atoms with van der Waals surface area (Å²) in [5.74, 6) is -3.51. The highest BCUT2D eigenvalue weighted by Gasteiger charge is 2.38. The maximum absolute atomic E-state index is 13.9. The molecule has 4 aromatic rings. The van der Waals surface area contributed by atoms with Crippen molar-refractivity contribution in [2.24, 2.45) is 4.36 Å². The van der Waals surface area contributed by atoms with Crippen LogP contribution in [-0.2, 0) is 15.9 Å². The molecule has 4 rings (SSSR count). The molecule has 0 saturated heterocycles. The van der Waals surface area contributed by atoms with Gasteiger partial charge in [0.25, 0.3) is 0 Å². The normalized spacial score (nSPS) is 13.8. The minimum absolute atomic E-state index is 0.166. The lowest BCUT2D eigenvalue weighted by Gasteiger charge is -2.04. The summed E-state index contributed by atoms with van der Waals surface area (Å²) >= 11 is 0. The van der Waals surface area contributed by atoms with Crippen LogP contribution in [0.2, 0.25) is 0 Å². The summed E-state index contributed by atoms with van der Waals surface area (Å²) in [6.45, 7) is 0. The molecule has 1 unspecified atom stereocenters. The van der Waals surface area contributed by atoms with Crippen LogP contribution in [0.4, 0.5) is 17.6 Å². The lowest BCUT2D eigenvalue weighted by Crippen LogP contribution is -2.06. The van der Waals surface area contributed by atoms with Gasteiger partial charge < -0.3 is 8.92 Å². The van der Waals surface area contributed by atoms with Crippen molar-refractivity contribution in [1.29, 1.82) is 0 Å². The van der Waals surface area contributed by atoms with Crippen molar-refractivity contribution in [2.45, 2.75) is 11.1 Å². The minimum Gasteiger partial charge on any atom is -0.329 e. The molecule has 3 heterocycles. The first-order valence-electron chi connectivity index (χ1n) is 8.46. The van der Waals surface area contributed by atoms with Crippen LogP contribution in [-0.4, -0.2) is 35.9 Å². The first-order chi connectivity index (χ1) is 14.5. The standard InChI is InChI=1S/C18H11F4N5O3S/c1-31(29,13-5-3-2-4-11(13)19)26-16(28)12-9-27-7-6-10(8-14(27)23-12)15-24-17(30-25-15)18(20,21)22/h2-9H,1H3. The van der Waals surface area contributed by atoms with Gasteiger partial charge in [0, 0.05) is 24.2 Å². The second-order valence-corrected chi connectivity index (χ2v) is 8.58. The maximum atomic E-state index is 13.9. The fourth-order valence-electron chi connectivity index (χ4n) is 2.69. The Morgan fingerprint density at radius 2 is 1.94 bits per heavy atom. The third kappa shape index (κ3) is 4.03. The van der Waals surface area contributed by atoms with Gasteiger partial charge in [-0.15, -0.1) is 0 Å². The number of alkyl halides is 3. The second-order valence-electron chi connectivity index (χ2n) is 6.36. The van der Waals surface area contributed by atoms with Crippen molar-refractivity contribution < 1.29 is 31.1 Å². The van der Waals surface area contributed by atoms with Gasteiger partial charge in [-0.05, 0) is 24.3 Å². The number of nitrogens with zero attached hydrogens (tertiary/aromatic N) is 5. The Morgan fingerprint density at radius 1 is 1.19 bits per heavy atom. The van der Waals surface area contributed by atoms with Gasteiger partial charge in [-0.3, -0.25) is 4.79 Å². The van der Waals surface area contributed by atoms with Crippen LogP contribution in [0.15, 0.2) is 62.6 Å². The molecule has 0 saturated carbocycles. The molecule has 3 aromatic heterocycles. The van der Waals surface area contributed by atoms with Crippen molar-refractivity contribution in [3.05, 3.63) is 66.2 Å². The van der Waals surface area contributed by atoms with E-state index in [0.717, 1.165) is 12.3 Å². The molecule has 8 nitrogen and oxygen atoms in total. The van der Waals surface area contributed by atoms with Gasteiger partial charge in [-0.1, -0.05) is 17.3 Å². The van der Waals surface area contributed by atoms with E-state index in [1.165, 1.54) is 47.1 Å². The molecule has 31 heavy (non-hydrogen) atoms. The van der Waals surface area contributed by atoms with Crippen LogP contribution < -0.4 is 0 Å². The number of pyridine rings is 1. The molecule has 160 valence electrons. The van der Waals surface area contributed by atoms with Crippen LogP contribution in [0, 0.1) is 5.82 Å². The Kier molecular flexibility index (Phi) is 4.84. The fraction of sp³-hybridized carbons (Fsp3) is 0.111. The zero-order valence-corrected chi connectivity index (χ0v) is 16.3. The molecule has 1 atom stereocenters. The van der Waals surface area contributed by atoms with Gasteiger partial charge in [0.2, 0.25) is 5.82 Å². The highest BCUT2D eigenvalue weighted by atomic mass is 32.2. The molecule has 0 aliphatic heterocycles. The number of carbonyl (C=O) groups excluding carboxylic acids is 1. The van der Waals surface area contributed by atoms with Gasteiger partial charge in [-0.2, -0.15) is 22.5 Å². The zero-order valence-electron chi connectivity index (χ0n) is 15.5. The number of hydrogen-bond donors (Lipinski definition) is 0. The van der Waals surface area contributed by atoms with Crippen molar-refractivity contribution in [1.82, 2.24) is 19.5 Å². The highest BCUT2D eigenvalue weighted by Crippen LogP contribution is 2.29. The van der Waals surface area contributed by atoms with Gasteiger partial charge in [0.05, 0.1) is 14.6 Å². The summed E-state index contributed by atoms with van der Waals surface area (Å²) in [7, 11) is -3.38. The van der Waals surface area contributed by atoms with Crippen LogP contribution in [0.3, 0.4) is 0 Å². The summed E-state index contributed by atoms with van der Waals surface area (Å²) in [6, 6.07) is 7.99. The van der Waals surface area contributed by atoms with Crippen LogP contribution in [0.5, 0.6) is 0 Å². The monoisotopic (exact) mass is 453 g/mol. The molecule has 0 spiro atoms. The van der Waals surface area contributed by atoms with Crippen LogP contribution in [0.25, 0.3) is 17.0 Å². The first-order valence-corrected chi connectivity index (χ1v) is 10.4. The third-order valence-corrected chi connectivity index (χ3v) is 5.77. The molecule has 0 bridgehead atoms. The van der Waals surface area contributed by atoms with E-state index in [4.69, 9.17) is 0 Å². The number of benzene rings is 1. The van der Waals surface area contributed by atoms with Crippen molar-refractivity contribution in [3.8, 4) is 11.4 Å². The lowest BCUT2D eigenvalue weighted by molar-refractivity contribution is -0.159. The molecule has 13 heteroatoms. The Bertz CT molecular complexity index is 1430. The number of halogens is 4. The average molecular weight is 453 g/mol. The highest BCUT2D eigenvalue weighted by molar-refractivity contribution is 7.93. The van der Waals surface area contributed by atoms with E-state index in [9.17, 15) is 26.6 Å². The van der Waals surface area contributed by atoms with Crippen LogP contribution >= 0.6 is 0 Å². The molecule has 1 aromatic carbocycles. The summed E-state index contributed by atoms with van der Waals surface area (Å²) in [5.41, 5.74) is 0.147. The summed E-state index contributed by atoms with van der Waals surface area (Å²) in [6.07, 6.45) is -0.946. The number of aromatic nitrogens is 4. The first kappa shape index (κ1) is 20.7. The lowest BCUT2D eigenvalue weighted by atomic mass is 10.2.